The summed E-state index contributed by atoms with van der Waals surface area (Å²) in [5.74, 6) is 0.216. The number of benzene rings is 1. The highest BCUT2D eigenvalue weighted by Crippen LogP contribution is 2.35. The zero-order valence-corrected chi connectivity index (χ0v) is 17.6. The number of piperidine rings is 1. The van der Waals surface area contributed by atoms with Crippen LogP contribution in [0, 0.1) is 0 Å². The number of fused-ring (bicyclic) bond motifs is 5. The van der Waals surface area contributed by atoms with Crippen molar-refractivity contribution in [1.29, 1.82) is 0 Å². The number of hydrogen-bond donors (Lipinski definition) is 0. The fraction of sp³-hybridized carbons (Fsp3) is 0.318. The molecular formula is C22H21N5O3S. The first-order valence-corrected chi connectivity index (χ1v) is 12.0. The van der Waals surface area contributed by atoms with Crippen LogP contribution in [-0.4, -0.2) is 44.9 Å². The number of rotatable bonds is 4. The first-order valence-electron chi connectivity index (χ1n) is 10.4. The van der Waals surface area contributed by atoms with Crippen LogP contribution in [0.2, 0.25) is 0 Å². The predicted molar refractivity (Wildman–Crippen MR) is 117 cm³/mol. The van der Waals surface area contributed by atoms with Gasteiger partial charge in [-0.25, -0.2) is 27.0 Å². The molecular weight excluding hydrogens is 414 g/mol. The van der Waals surface area contributed by atoms with Gasteiger partial charge in [-0.3, -0.25) is 4.79 Å². The van der Waals surface area contributed by atoms with E-state index in [1.54, 1.807) is 36.9 Å². The predicted octanol–water partition coefficient (Wildman–Crippen LogP) is 2.60. The Morgan fingerprint density at radius 1 is 1.00 bits per heavy atom. The standard InChI is InChI=1S/C22H21N5O3S/c28-18-10-16-6-7-17(11-18)27(16)25-14-24-20-12-23-22-19(21(20)25)8-9-26(22)31(29,30)13-15-4-2-1-3-5-15/h1-5,8-9,12,14,16-17H,6-7,10-11,13H2. The maximum atomic E-state index is 13.1. The summed E-state index contributed by atoms with van der Waals surface area (Å²) in [6.45, 7) is 0. The number of carbonyl (C=O) groups is 1. The maximum absolute atomic E-state index is 13.1. The summed E-state index contributed by atoms with van der Waals surface area (Å²) >= 11 is 0. The molecule has 2 fully saturated rings. The average molecular weight is 436 g/mol. The summed E-state index contributed by atoms with van der Waals surface area (Å²) in [4.78, 5) is 21.0. The van der Waals surface area contributed by atoms with E-state index in [-0.39, 0.29) is 17.8 Å². The van der Waals surface area contributed by atoms with Crippen molar-refractivity contribution in [2.75, 3.05) is 5.01 Å². The summed E-state index contributed by atoms with van der Waals surface area (Å²) < 4.78 is 29.6. The van der Waals surface area contributed by atoms with E-state index >= 15 is 0 Å². The van der Waals surface area contributed by atoms with E-state index in [1.165, 1.54) is 3.97 Å². The number of hydrogen-bond acceptors (Lipinski definition) is 6. The van der Waals surface area contributed by atoms with Crippen LogP contribution in [-0.2, 0) is 20.6 Å². The smallest absolute Gasteiger partial charge is 0.244 e. The molecule has 2 saturated heterocycles. The van der Waals surface area contributed by atoms with Crippen LogP contribution in [0.25, 0.3) is 22.1 Å². The van der Waals surface area contributed by atoms with Gasteiger partial charge in [0.15, 0.2) is 5.65 Å². The van der Waals surface area contributed by atoms with Gasteiger partial charge in [0.25, 0.3) is 0 Å². The second-order valence-electron chi connectivity index (χ2n) is 8.38. The monoisotopic (exact) mass is 435 g/mol. The van der Waals surface area contributed by atoms with Crippen molar-refractivity contribution >= 4 is 37.9 Å². The highest BCUT2D eigenvalue weighted by molar-refractivity contribution is 7.89. The van der Waals surface area contributed by atoms with Crippen LogP contribution in [0.5, 0.6) is 0 Å². The van der Waals surface area contributed by atoms with Gasteiger partial charge in [-0.05, 0) is 24.5 Å². The molecule has 9 heteroatoms. The molecule has 0 aliphatic carbocycles. The van der Waals surface area contributed by atoms with Crippen LogP contribution in [0.15, 0.2) is 55.1 Å². The Morgan fingerprint density at radius 2 is 1.74 bits per heavy atom. The van der Waals surface area contributed by atoms with Crippen LogP contribution in [0.4, 0.5) is 0 Å². The van der Waals surface area contributed by atoms with E-state index in [1.807, 2.05) is 22.9 Å². The molecule has 2 aliphatic rings. The van der Waals surface area contributed by atoms with Gasteiger partial charge in [-0.2, -0.15) is 0 Å². The zero-order chi connectivity index (χ0) is 21.2. The number of nitrogens with zero attached hydrogens (tertiary/aromatic N) is 5. The zero-order valence-electron chi connectivity index (χ0n) is 16.8. The van der Waals surface area contributed by atoms with Crippen molar-refractivity contribution in [2.45, 2.75) is 43.5 Å². The van der Waals surface area contributed by atoms with E-state index in [9.17, 15) is 13.2 Å². The normalized spacial score (nSPS) is 21.4. The van der Waals surface area contributed by atoms with Gasteiger partial charge in [-0.1, -0.05) is 30.3 Å². The topological polar surface area (TPSA) is 90.1 Å². The summed E-state index contributed by atoms with van der Waals surface area (Å²) in [6.07, 6.45) is 8.03. The minimum Gasteiger partial charge on any atom is -0.304 e. The van der Waals surface area contributed by atoms with Gasteiger partial charge in [-0.15, -0.1) is 0 Å². The molecule has 31 heavy (non-hydrogen) atoms. The molecule has 0 N–H and O–H groups in total. The lowest BCUT2D eigenvalue weighted by molar-refractivity contribution is -0.120. The van der Waals surface area contributed by atoms with E-state index in [0.717, 1.165) is 29.3 Å². The number of ketones is 1. The Labute approximate surface area is 179 Å². The lowest BCUT2D eigenvalue weighted by atomic mass is 10.0. The summed E-state index contributed by atoms with van der Waals surface area (Å²) in [6, 6.07) is 11.2. The third kappa shape index (κ3) is 2.87. The first-order chi connectivity index (χ1) is 15.0. The van der Waals surface area contributed by atoms with E-state index < -0.39 is 10.0 Å². The molecule has 6 rings (SSSR count). The Kier molecular flexibility index (Phi) is 3.98. The van der Waals surface area contributed by atoms with Crippen LogP contribution >= 0.6 is 0 Å². The molecule has 1 aromatic carbocycles. The van der Waals surface area contributed by atoms with Gasteiger partial charge >= 0.3 is 0 Å². The van der Waals surface area contributed by atoms with Gasteiger partial charge in [0.2, 0.25) is 10.0 Å². The lowest BCUT2D eigenvalue weighted by Gasteiger charge is -2.36. The largest absolute Gasteiger partial charge is 0.304 e. The van der Waals surface area contributed by atoms with Crippen LogP contribution in [0.3, 0.4) is 0 Å². The summed E-state index contributed by atoms with van der Waals surface area (Å²) in [5, 5.41) is 2.99. The minimum atomic E-state index is -3.64. The molecule has 2 bridgehead atoms. The second kappa shape index (κ2) is 6.65. The molecule has 0 saturated carbocycles. The van der Waals surface area contributed by atoms with Crippen LogP contribution < -0.4 is 5.01 Å². The van der Waals surface area contributed by atoms with Gasteiger partial charge in [0.05, 0.1) is 24.0 Å². The Hall–Kier alpha value is -3.20. The van der Waals surface area contributed by atoms with Crippen molar-refractivity contribution in [3.63, 3.8) is 0 Å². The van der Waals surface area contributed by atoms with Crippen LogP contribution in [0.1, 0.15) is 31.2 Å². The third-order valence-electron chi connectivity index (χ3n) is 6.42. The molecule has 0 radical (unpaired) electrons. The Bertz CT molecular complexity index is 1410. The average Bonchev–Trinajstić information content (AvgIpc) is 3.42. The number of imidazole rings is 1. The molecule has 2 unspecified atom stereocenters. The van der Waals surface area contributed by atoms with Gasteiger partial charge in [0.1, 0.15) is 23.1 Å². The molecule has 0 amide bonds. The van der Waals surface area contributed by atoms with Crippen molar-refractivity contribution in [2.24, 2.45) is 0 Å². The summed E-state index contributed by atoms with van der Waals surface area (Å²) in [7, 11) is -3.64. The number of Topliss-reactive ketones (excluding diaryl/α,β-unsaturated/α-hetero) is 1. The van der Waals surface area contributed by atoms with Crippen molar-refractivity contribution in [3.8, 4) is 0 Å². The number of carbonyl (C=O) groups excluding carboxylic acids is 1. The molecule has 2 aliphatic heterocycles. The molecule has 8 nitrogen and oxygen atoms in total. The molecule has 5 heterocycles. The lowest BCUT2D eigenvalue weighted by Crippen LogP contribution is -2.49. The summed E-state index contributed by atoms with van der Waals surface area (Å²) in [5.41, 5.74) is 2.67. The van der Waals surface area contributed by atoms with E-state index in [4.69, 9.17) is 0 Å². The second-order valence-corrected chi connectivity index (χ2v) is 10.2. The highest BCUT2D eigenvalue weighted by atomic mass is 32.2. The van der Waals surface area contributed by atoms with E-state index in [0.29, 0.717) is 29.8 Å². The first kappa shape index (κ1) is 18.6. The fourth-order valence-electron chi connectivity index (χ4n) is 5.10. The van der Waals surface area contributed by atoms with Crippen molar-refractivity contribution in [3.05, 3.63) is 60.7 Å². The molecule has 3 aromatic heterocycles. The van der Waals surface area contributed by atoms with Gasteiger partial charge in [0, 0.05) is 24.4 Å². The van der Waals surface area contributed by atoms with Crippen molar-refractivity contribution in [1.82, 2.24) is 18.6 Å². The quantitative estimate of drug-likeness (QED) is 0.489. The molecule has 158 valence electrons. The molecule has 2 atom stereocenters. The highest BCUT2D eigenvalue weighted by Gasteiger charge is 2.41. The molecule has 0 spiro atoms. The van der Waals surface area contributed by atoms with Crippen molar-refractivity contribution < 1.29 is 13.2 Å². The maximum Gasteiger partial charge on any atom is 0.244 e. The Balaban J connectivity index is 1.47. The minimum absolute atomic E-state index is 0.102. The fourth-order valence-corrected chi connectivity index (χ4v) is 6.51. The van der Waals surface area contributed by atoms with E-state index in [2.05, 4.69) is 15.0 Å². The third-order valence-corrected chi connectivity index (χ3v) is 8.01. The molecule has 4 aromatic rings. The number of pyridine rings is 1. The van der Waals surface area contributed by atoms with Gasteiger partial charge < -0.3 is 5.01 Å². The number of aromatic nitrogens is 4. The SMILES string of the molecule is O=C1CC2CCC(C1)N2n1cnc2cnc3c(ccn3S(=O)(=O)Cc3ccccc3)c21. The Morgan fingerprint density at radius 3 is 2.48 bits per heavy atom.